The number of ether oxygens (including phenoxy) is 3. The number of aromatic nitrogens is 6. The van der Waals surface area contributed by atoms with Crippen LogP contribution < -0.4 is 30.3 Å². The second-order valence-electron chi connectivity index (χ2n) is 13.7. The highest BCUT2D eigenvalue weighted by Gasteiger charge is 2.35. The van der Waals surface area contributed by atoms with Crippen molar-refractivity contribution in [2.24, 2.45) is 7.05 Å². The van der Waals surface area contributed by atoms with Gasteiger partial charge in [0.2, 0.25) is 5.95 Å². The van der Waals surface area contributed by atoms with E-state index < -0.39 is 80.3 Å². The molecule has 3 N–H and O–H groups in total. The molecule has 0 fully saturated rings. The van der Waals surface area contributed by atoms with Gasteiger partial charge in [-0.3, -0.25) is 19.2 Å². The SMILES string of the molecule is CC(C)OC(=O)c1cc(-n2c(=O)cc(C(F)(F)F)n(C)c2=O)ccc1Cl.COc1nc(C)nc(N(C)C(=O)NS(=O)(=O)c2ccccc2C(=O)O)n1.O=C(O)COc1ccc(Cl)c2cccnc12. The van der Waals surface area contributed by atoms with Gasteiger partial charge in [0.25, 0.3) is 15.6 Å². The quantitative estimate of drug-likeness (QED) is 0.134. The van der Waals surface area contributed by atoms with Gasteiger partial charge in [0.15, 0.2) is 6.61 Å². The number of alkyl halides is 3. The van der Waals surface area contributed by atoms with Crippen LogP contribution in [0.5, 0.6) is 11.8 Å². The van der Waals surface area contributed by atoms with Gasteiger partial charge in [-0.15, -0.1) is 0 Å². The number of fused-ring (bicyclic) bond motifs is 1. The Labute approximate surface area is 392 Å². The van der Waals surface area contributed by atoms with Crippen LogP contribution in [-0.4, -0.2) is 98.5 Å². The van der Waals surface area contributed by atoms with Crippen LogP contribution in [0.1, 0.15) is 46.1 Å². The number of pyridine rings is 1. The van der Waals surface area contributed by atoms with Crippen LogP contribution >= 0.6 is 23.2 Å². The number of anilines is 1. The molecule has 0 aliphatic carbocycles. The van der Waals surface area contributed by atoms with Gasteiger partial charge in [-0.2, -0.15) is 28.1 Å². The van der Waals surface area contributed by atoms with E-state index in [1.165, 1.54) is 38.4 Å². The number of benzene rings is 3. The number of urea groups is 1. The summed E-state index contributed by atoms with van der Waals surface area (Å²) in [6.07, 6.45) is -3.70. The first kappa shape index (κ1) is 53.0. The van der Waals surface area contributed by atoms with E-state index in [-0.39, 0.29) is 34.1 Å². The Bertz CT molecular complexity index is 3140. The molecule has 0 bridgehead atoms. The highest BCUT2D eigenvalue weighted by molar-refractivity contribution is 7.90. The highest BCUT2D eigenvalue weighted by Crippen LogP contribution is 2.30. The number of amides is 2. The molecular formula is C41H37Cl2F3N8O13S. The zero-order chi connectivity index (χ0) is 50.8. The number of aliphatic carboxylic acids is 1. The molecule has 0 radical (unpaired) electrons. The van der Waals surface area contributed by atoms with Crippen LogP contribution in [0.2, 0.25) is 10.0 Å². The van der Waals surface area contributed by atoms with Crippen molar-refractivity contribution in [3.63, 3.8) is 0 Å². The molecule has 68 heavy (non-hydrogen) atoms. The zero-order valence-corrected chi connectivity index (χ0v) is 38.4. The van der Waals surface area contributed by atoms with Crippen molar-refractivity contribution in [3.05, 3.63) is 133 Å². The van der Waals surface area contributed by atoms with Crippen LogP contribution in [0.4, 0.5) is 23.9 Å². The summed E-state index contributed by atoms with van der Waals surface area (Å²) in [5.74, 6) is -2.73. The summed E-state index contributed by atoms with van der Waals surface area (Å²) in [5.41, 5.74) is -3.90. The number of halogens is 5. The molecule has 3 heterocycles. The summed E-state index contributed by atoms with van der Waals surface area (Å²) in [5, 5.41) is 19.0. The molecule has 0 saturated heterocycles. The van der Waals surface area contributed by atoms with Crippen molar-refractivity contribution < 1.29 is 65.2 Å². The van der Waals surface area contributed by atoms with E-state index in [9.17, 15) is 50.4 Å². The molecule has 6 rings (SSSR count). The van der Waals surface area contributed by atoms with Crippen LogP contribution in [0.25, 0.3) is 16.6 Å². The number of carbonyl (C=O) groups is 4. The van der Waals surface area contributed by atoms with Crippen LogP contribution in [-0.2, 0) is 32.8 Å². The largest absolute Gasteiger partial charge is 0.480 e. The molecule has 0 atom stereocenters. The Morgan fingerprint density at radius 3 is 2.19 bits per heavy atom. The summed E-state index contributed by atoms with van der Waals surface area (Å²) in [7, 11) is -0.981. The number of sulfonamides is 1. The summed E-state index contributed by atoms with van der Waals surface area (Å²) in [6, 6.07) is 14.5. The minimum atomic E-state index is -4.86. The first-order valence-electron chi connectivity index (χ1n) is 19.0. The molecule has 6 aromatic rings. The maximum Gasteiger partial charge on any atom is 0.431 e. The van der Waals surface area contributed by atoms with Gasteiger partial charge in [0.05, 0.1) is 40.1 Å². The molecule has 21 nitrogen and oxygen atoms in total. The van der Waals surface area contributed by atoms with Gasteiger partial charge in [-0.1, -0.05) is 35.3 Å². The summed E-state index contributed by atoms with van der Waals surface area (Å²) >= 11 is 11.9. The highest BCUT2D eigenvalue weighted by atomic mass is 35.5. The number of carboxylic acid groups (broad SMARTS) is 2. The number of methoxy groups -OCH3 is 1. The normalized spacial score (nSPS) is 11.1. The topological polar surface area (TPSA) is 281 Å². The van der Waals surface area contributed by atoms with Gasteiger partial charge in [0, 0.05) is 31.7 Å². The van der Waals surface area contributed by atoms with Crippen LogP contribution in [0.15, 0.2) is 93.5 Å². The molecule has 2 amide bonds. The fourth-order valence-corrected chi connectivity index (χ4v) is 7.07. The molecule has 0 spiro atoms. The average molecular weight is 1010 g/mol. The maximum atomic E-state index is 12.9. The van der Waals surface area contributed by atoms with Gasteiger partial charge >= 0.3 is 41.8 Å². The number of rotatable bonds is 11. The number of hydrogen-bond donors (Lipinski definition) is 3. The molecule has 3 aromatic heterocycles. The van der Waals surface area contributed by atoms with Gasteiger partial charge in [-0.05, 0) is 75.4 Å². The van der Waals surface area contributed by atoms with E-state index in [0.717, 1.165) is 35.5 Å². The molecule has 0 aliphatic heterocycles. The van der Waals surface area contributed by atoms with E-state index >= 15 is 0 Å². The van der Waals surface area contributed by atoms with Crippen LogP contribution in [0, 0.1) is 6.92 Å². The molecule has 3 aromatic carbocycles. The smallest absolute Gasteiger partial charge is 0.431 e. The Hall–Kier alpha value is -7.64. The summed E-state index contributed by atoms with van der Waals surface area (Å²) in [4.78, 5) is 86.3. The lowest BCUT2D eigenvalue weighted by atomic mass is 10.2. The van der Waals surface area contributed by atoms with Gasteiger partial charge < -0.3 is 24.4 Å². The van der Waals surface area contributed by atoms with Crippen molar-refractivity contribution in [1.82, 2.24) is 33.8 Å². The first-order chi connectivity index (χ1) is 31.8. The molecule has 27 heteroatoms. The summed E-state index contributed by atoms with van der Waals surface area (Å²) < 4.78 is 81.1. The monoisotopic (exact) mass is 1010 g/mol. The van der Waals surface area contributed by atoms with Gasteiger partial charge in [0.1, 0.15) is 27.7 Å². The fourth-order valence-electron chi connectivity index (χ4n) is 5.48. The van der Waals surface area contributed by atoms with E-state index in [1.54, 1.807) is 56.0 Å². The number of hydrogen-bond acceptors (Lipinski definition) is 15. The van der Waals surface area contributed by atoms with Crippen molar-refractivity contribution in [1.29, 1.82) is 0 Å². The lowest BCUT2D eigenvalue weighted by Gasteiger charge is -2.17. The number of nitrogens with one attached hydrogen (secondary N) is 1. The minimum Gasteiger partial charge on any atom is -0.480 e. The molecular weight excluding hydrogens is 972 g/mol. The number of nitrogens with zero attached hydrogens (tertiary/aromatic N) is 7. The molecule has 0 unspecified atom stereocenters. The van der Waals surface area contributed by atoms with E-state index in [4.69, 9.17) is 47.6 Å². The fraction of sp³-hybridized carbons (Fsp3) is 0.220. The number of aryl methyl sites for hydroxylation is 1. The second kappa shape index (κ2) is 22.2. The van der Waals surface area contributed by atoms with Crippen molar-refractivity contribution >= 4 is 74.0 Å². The lowest BCUT2D eigenvalue weighted by molar-refractivity contribution is -0.144. The number of esters is 1. The lowest BCUT2D eigenvalue weighted by Crippen LogP contribution is -2.42. The van der Waals surface area contributed by atoms with E-state index in [1.807, 2.05) is 0 Å². The van der Waals surface area contributed by atoms with E-state index in [2.05, 4.69) is 19.9 Å². The third-order valence-electron chi connectivity index (χ3n) is 8.54. The van der Waals surface area contributed by atoms with Crippen molar-refractivity contribution in [2.75, 3.05) is 25.7 Å². The van der Waals surface area contributed by atoms with Gasteiger partial charge in [-0.25, -0.2) is 41.7 Å². The van der Waals surface area contributed by atoms with Crippen molar-refractivity contribution in [2.45, 2.75) is 37.9 Å². The average Bonchev–Trinajstić information content (AvgIpc) is 3.27. The Morgan fingerprint density at radius 2 is 1.57 bits per heavy atom. The Balaban J connectivity index is 0.000000229. The third-order valence-corrected chi connectivity index (χ3v) is 10.6. The molecule has 360 valence electrons. The number of carbonyl (C=O) groups excluding carboxylic acids is 2. The van der Waals surface area contributed by atoms with E-state index in [0.29, 0.717) is 31.5 Å². The Morgan fingerprint density at radius 1 is 0.912 bits per heavy atom. The number of aromatic carboxylic acids is 1. The standard InChI is InChI=1S/C16H14ClF3N2O4.C14H15N5O6S.C11H8ClNO3/c1-8(2)26-14(24)10-6-9(4-5-11(10)17)22-13(23)7-12(16(18,19)20)21(3)15(22)25;1-8-15-12(17-13(16-8)25-3)19(2)14(22)18-26(23,24)10-7-5-4-6-9(10)11(20)21;12-8-3-4-9(16-6-10(14)15)11-7(8)2-1-5-13-11/h4-8H,1-3H3;4-7H,1-3H3,(H,18,22)(H,20,21);1-5H,6H2,(H,14,15). The van der Waals surface area contributed by atoms with Crippen molar-refractivity contribution in [3.8, 4) is 17.4 Å². The number of carboxylic acids is 2. The zero-order valence-electron chi connectivity index (χ0n) is 36.1. The Kier molecular flexibility index (Phi) is 17.3. The van der Waals surface area contributed by atoms with Crippen LogP contribution in [0.3, 0.4) is 0 Å². The first-order valence-corrected chi connectivity index (χ1v) is 21.2. The summed E-state index contributed by atoms with van der Waals surface area (Å²) in [6.45, 7) is 4.38. The molecule has 0 aliphatic rings. The second-order valence-corrected chi connectivity index (χ2v) is 16.2. The minimum absolute atomic E-state index is 0.0104. The predicted octanol–water partition coefficient (Wildman–Crippen LogP) is 5.55. The predicted molar refractivity (Wildman–Crippen MR) is 236 cm³/mol. The maximum absolute atomic E-state index is 12.9. The molecule has 0 saturated carbocycles. The third kappa shape index (κ3) is 13.3.